The lowest BCUT2D eigenvalue weighted by molar-refractivity contribution is -0.138. The number of carbonyl (C=O) groups is 3. The van der Waals surface area contributed by atoms with E-state index in [0.29, 0.717) is 32.5 Å². The molecule has 0 aliphatic carbocycles. The minimum Gasteiger partial charge on any atom is -0.356 e. The highest BCUT2D eigenvalue weighted by Crippen LogP contribution is 2.17. The molecule has 0 bridgehead atoms. The van der Waals surface area contributed by atoms with Crippen LogP contribution in [0.25, 0.3) is 0 Å². The SMILES string of the molecule is CCNC(=O)C1CCN(C(=O)CC(C)=O)CC1. The van der Waals surface area contributed by atoms with E-state index in [0.717, 1.165) is 0 Å². The third-order valence-corrected chi connectivity index (χ3v) is 2.97. The van der Waals surface area contributed by atoms with Crippen molar-refractivity contribution in [1.29, 1.82) is 0 Å². The van der Waals surface area contributed by atoms with Gasteiger partial charge in [0.2, 0.25) is 11.8 Å². The molecule has 2 amide bonds. The zero-order chi connectivity index (χ0) is 12.8. The first-order valence-electron chi connectivity index (χ1n) is 6.09. The van der Waals surface area contributed by atoms with Gasteiger partial charge in [-0.15, -0.1) is 0 Å². The lowest BCUT2D eigenvalue weighted by Gasteiger charge is -2.31. The molecule has 5 heteroatoms. The summed E-state index contributed by atoms with van der Waals surface area (Å²) < 4.78 is 0. The second kappa shape index (κ2) is 6.37. The molecule has 17 heavy (non-hydrogen) atoms. The zero-order valence-corrected chi connectivity index (χ0v) is 10.5. The molecule has 0 spiro atoms. The van der Waals surface area contributed by atoms with E-state index in [4.69, 9.17) is 0 Å². The number of rotatable bonds is 4. The summed E-state index contributed by atoms with van der Waals surface area (Å²) in [6, 6.07) is 0. The molecular formula is C12H20N2O3. The van der Waals surface area contributed by atoms with Crippen LogP contribution in [0, 0.1) is 5.92 Å². The van der Waals surface area contributed by atoms with Crippen molar-refractivity contribution < 1.29 is 14.4 Å². The van der Waals surface area contributed by atoms with Crippen LogP contribution in [0.1, 0.15) is 33.1 Å². The Labute approximate surface area is 102 Å². The Morgan fingerprint density at radius 1 is 1.24 bits per heavy atom. The van der Waals surface area contributed by atoms with Gasteiger partial charge >= 0.3 is 0 Å². The van der Waals surface area contributed by atoms with Crippen LogP contribution in [0.4, 0.5) is 0 Å². The van der Waals surface area contributed by atoms with Crippen molar-refractivity contribution in [3.8, 4) is 0 Å². The van der Waals surface area contributed by atoms with Crippen LogP contribution in [0.3, 0.4) is 0 Å². The Morgan fingerprint density at radius 2 is 1.82 bits per heavy atom. The van der Waals surface area contributed by atoms with Crippen LogP contribution in [-0.2, 0) is 14.4 Å². The number of ketones is 1. The van der Waals surface area contributed by atoms with Gasteiger partial charge in [-0.3, -0.25) is 14.4 Å². The first kappa shape index (κ1) is 13.7. The van der Waals surface area contributed by atoms with Gasteiger partial charge in [-0.25, -0.2) is 0 Å². The van der Waals surface area contributed by atoms with E-state index in [2.05, 4.69) is 5.32 Å². The van der Waals surface area contributed by atoms with Crippen molar-refractivity contribution in [2.45, 2.75) is 33.1 Å². The third kappa shape index (κ3) is 4.17. The van der Waals surface area contributed by atoms with Crippen molar-refractivity contribution >= 4 is 17.6 Å². The van der Waals surface area contributed by atoms with Gasteiger partial charge in [0.25, 0.3) is 0 Å². The van der Waals surface area contributed by atoms with Gasteiger partial charge in [0.05, 0.1) is 6.42 Å². The Hall–Kier alpha value is -1.39. The summed E-state index contributed by atoms with van der Waals surface area (Å²) >= 11 is 0. The topological polar surface area (TPSA) is 66.5 Å². The van der Waals surface area contributed by atoms with Gasteiger partial charge in [-0.1, -0.05) is 0 Å². The maximum Gasteiger partial charge on any atom is 0.230 e. The molecule has 0 saturated carbocycles. The minimum atomic E-state index is -0.119. The summed E-state index contributed by atoms with van der Waals surface area (Å²) in [7, 11) is 0. The van der Waals surface area contributed by atoms with Crippen molar-refractivity contribution in [3.05, 3.63) is 0 Å². The van der Waals surface area contributed by atoms with Crippen molar-refractivity contribution in [1.82, 2.24) is 10.2 Å². The van der Waals surface area contributed by atoms with E-state index in [-0.39, 0.29) is 29.9 Å². The Morgan fingerprint density at radius 3 is 2.29 bits per heavy atom. The fourth-order valence-electron chi connectivity index (χ4n) is 2.03. The number of Topliss-reactive ketones (excluding diaryl/α,β-unsaturated/α-hetero) is 1. The number of piperidine rings is 1. The predicted octanol–water partition coefficient (Wildman–Crippen LogP) is 0.340. The van der Waals surface area contributed by atoms with E-state index in [1.165, 1.54) is 6.92 Å². The highest BCUT2D eigenvalue weighted by Gasteiger charge is 2.27. The normalized spacial score (nSPS) is 16.7. The zero-order valence-electron chi connectivity index (χ0n) is 10.5. The van der Waals surface area contributed by atoms with Crippen LogP contribution < -0.4 is 5.32 Å². The first-order valence-corrected chi connectivity index (χ1v) is 6.09. The smallest absolute Gasteiger partial charge is 0.230 e. The second-order valence-electron chi connectivity index (χ2n) is 4.43. The largest absolute Gasteiger partial charge is 0.356 e. The van der Waals surface area contributed by atoms with Gasteiger partial charge in [-0.05, 0) is 26.7 Å². The maximum atomic E-state index is 11.6. The van der Waals surface area contributed by atoms with Gasteiger partial charge in [0.15, 0.2) is 0 Å². The van der Waals surface area contributed by atoms with Gasteiger partial charge in [-0.2, -0.15) is 0 Å². The summed E-state index contributed by atoms with van der Waals surface area (Å²) in [4.78, 5) is 35.7. The molecule has 0 radical (unpaired) electrons. The number of hydrogen-bond donors (Lipinski definition) is 1. The molecule has 1 N–H and O–H groups in total. The van der Waals surface area contributed by atoms with Crippen LogP contribution in [0.2, 0.25) is 0 Å². The van der Waals surface area contributed by atoms with E-state index in [1.54, 1.807) is 4.90 Å². The predicted molar refractivity (Wildman–Crippen MR) is 63.3 cm³/mol. The minimum absolute atomic E-state index is 0.0105. The quantitative estimate of drug-likeness (QED) is 0.721. The number of nitrogens with one attached hydrogen (secondary N) is 1. The highest BCUT2D eigenvalue weighted by atomic mass is 16.2. The monoisotopic (exact) mass is 240 g/mol. The molecule has 0 unspecified atom stereocenters. The van der Waals surface area contributed by atoms with E-state index in [1.807, 2.05) is 6.92 Å². The number of carbonyl (C=O) groups excluding carboxylic acids is 3. The molecule has 96 valence electrons. The molecule has 1 aliphatic rings. The van der Waals surface area contributed by atoms with E-state index >= 15 is 0 Å². The van der Waals surface area contributed by atoms with Gasteiger partial charge in [0.1, 0.15) is 5.78 Å². The van der Waals surface area contributed by atoms with Crippen molar-refractivity contribution in [3.63, 3.8) is 0 Å². The Balaban J connectivity index is 2.37. The van der Waals surface area contributed by atoms with E-state index < -0.39 is 0 Å². The van der Waals surface area contributed by atoms with Crippen molar-refractivity contribution in [2.75, 3.05) is 19.6 Å². The first-order chi connectivity index (χ1) is 8.04. The molecule has 1 saturated heterocycles. The average Bonchev–Trinajstić information content (AvgIpc) is 2.28. The molecule has 0 atom stereocenters. The summed E-state index contributed by atoms with van der Waals surface area (Å²) in [5.74, 6) is -0.143. The average molecular weight is 240 g/mol. The van der Waals surface area contributed by atoms with Crippen LogP contribution in [0.15, 0.2) is 0 Å². The van der Waals surface area contributed by atoms with Crippen LogP contribution in [-0.4, -0.2) is 42.1 Å². The molecule has 0 aromatic carbocycles. The van der Waals surface area contributed by atoms with Crippen molar-refractivity contribution in [2.24, 2.45) is 5.92 Å². The van der Waals surface area contributed by atoms with Gasteiger partial charge in [0, 0.05) is 25.6 Å². The molecule has 1 aliphatic heterocycles. The fourth-order valence-corrected chi connectivity index (χ4v) is 2.03. The number of hydrogen-bond acceptors (Lipinski definition) is 3. The number of nitrogens with zero attached hydrogens (tertiary/aromatic N) is 1. The molecule has 1 rings (SSSR count). The lowest BCUT2D eigenvalue weighted by Crippen LogP contribution is -2.43. The number of amides is 2. The van der Waals surface area contributed by atoms with Gasteiger partial charge < -0.3 is 10.2 Å². The molecular weight excluding hydrogens is 220 g/mol. The molecule has 1 fully saturated rings. The van der Waals surface area contributed by atoms with Crippen LogP contribution in [0.5, 0.6) is 0 Å². The summed E-state index contributed by atoms with van der Waals surface area (Å²) in [6.07, 6.45) is 1.36. The lowest BCUT2D eigenvalue weighted by atomic mass is 9.95. The maximum absolute atomic E-state index is 11.6. The third-order valence-electron chi connectivity index (χ3n) is 2.97. The summed E-state index contributed by atoms with van der Waals surface area (Å²) in [6.45, 7) is 5.10. The summed E-state index contributed by atoms with van der Waals surface area (Å²) in [5.41, 5.74) is 0. The Kier molecular flexibility index (Phi) is 5.12. The highest BCUT2D eigenvalue weighted by molar-refractivity contribution is 5.96. The Bertz CT molecular complexity index is 307. The molecule has 5 nitrogen and oxygen atoms in total. The second-order valence-corrected chi connectivity index (χ2v) is 4.43. The number of likely N-dealkylation sites (tertiary alicyclic amines) is 1. The molecule has 0 aromatic heterocycles. The fraction of sp³-hybridized carbons (Fsp3) is 0.750. The molecule has 0 aromatic rings. The molecule has 1 heterocycles. The standard InChI is InChI=1S/C12H20N2O3/c1-3-13-12(17)10-4-6-14(7-5-10)11(16)8-9(2)15/h10H,3-8H2,1-2H3,(H,13,17). The van der Waals surface area contributed by atoms with Crippen LogP contribution >= 0.6 is 0 Å². The summed E-state index contributed by atoms with van der Waals surface area (Å²) in [5, 5.41) is 2.80. The van der Waals surface area contributed by atoms with E-state index in [9.17, 15) is 14.4 Å².